The minimum atomic E-state index is -2.77. The zero-order valence-electron chi connectivity index (χ0n) is 11.8. The first-order valence-corrected chi connectivity index (χ1v) is 7.09. The second-order valence-corrected chi connectivity index (χ2v) is 5.36. The van der Waals surface area contributed by atoms with E-state index >= 15 is 0 Å². The number of hydrogen-bond donors (Lipinski definition) is 1. The van der Waals surface area contributed by atoms with Crippen molar-refractivity contribution in [3.8, 4) is 5.75 Å². The summed E-state index contributed by atoms with van der Waals surface area (Å²) < 4.78 is 28.6. The number of halogens is 2. The lowest BCUT2D eigenvalue weighted by atomic mass is 9.95. The quantitative estimate of drug-likeness (QED) is 0.903. The lowest BCUT2D eigenvalue weighted by molar-refractivity contribution is -0.0498. The fraction of sp³-hybridized carbons (Fsp3) is 0.600. The van der Waals surface area contributed by atoms with E-state index in [1.165, 1.54) is 12.8 Å². The van der Waals surface area contributed by atoms with E-state index in [1.807, 2.05) is 12.1 Å². The molecule has 0 bridgehead atoms. The van der Waals surface area contributed by atoms with Gasteiger partial charge in [0.1, 0.15) is 5.75 Å². The number of nitrogens with two attached hydrogens (primary N) is 1. The van der Waals surface area contributed by atoms with E-state index < -0.39 is 6.61 Å². The van der Waals surface area contributed by atoms with Gasteiger partial charge in [0.05, 0.1) is 0 Å². The van der Waals surface area contributed by atoms with Gasteiger partial charge in [-0.1, -0.05) is 12.1 Å². The number of benzene rings is 1. The van der Waals surface area contributed by atoms with Crippen LogP contribution in [0.1, 0.15) is 31.4 Å². The number of nitrogens with zero attached hydrogens (tertiary/aromatic N) is 1. The third kappa shape index (κ3) is 3.90. The van der Waals surface area contributed by atoms with Crippen LogP contribution in [0.15, 0.2) is 24.3 Å². The topological polar surface area (TPSA) is 38.5 Å². The molecular formula is C15H22F2N2O. The van der Waals surface area contributed by atoms with Gasteiger partial charge in [0.25, 0.3) is 0 Å². The molecule has 2 N–H and O–H groups in total. The van der Waals surface area contributed by atoms with Gasteiger partial charge >= 0.3 is 6.61 Å². The molecule has 2 unspecified atom stereocenters. The van der Waals surface area contributed by atoms with Gasteiger partial charge in [-0.05, 0) is 56.5 Å². The molecule has 1 fully saturated rings. The van der Waals surface area contributed by atoms with Crippen molar-refractivity contribution in [3.63, 3.8) is 0 Å². The van der Waals surface area contributed by atoms with Crippen LogP contribution in [0.2, 0.25) is 0 Å². The smallest absolute Gasteiger partial charge is 0.387 e. The fourth-order valence-electron chi connectivity index (χ4n) is 2.78. The highest BCUT2D eigenvalue weighted by Gasteiger charge is 2.23. The first-order valence-electron chi connectivity index (χ1n) is 7.09. The number of hydrogen-bond acceptors (Lipinski definition) is 3. The maximum absolute atomic E-state index is 12.1. The molecular weight excluding hydrogens is 262 g/mol. The number of likely N-dealkylation sites (tertiary alicyclic amines) is 1. The predicted octanol–water partition coefficient (Wildman–Crippen LogP) is 3.02. The minimum Gasteiger partial charge on any atom is -0.435 e. The molecule has 5 heteroatoms. The van der Waals surface area contributed by atoms with Gasteiger partial charge in [-0.15, -0.1) is 0 Å². The second-order valence-electron chi connectivity index (χ2n) is 5.36. The lowest BCUT2D eigenvalue weighted by Gasteiger charge is -2.36. The lowest BCUT2D eigenvalue weighted by Crippen LogP contribution is -2.39. The van der Waals surface area contributed by atoms with Crippen LogP contribution in [0.5, 0.6) is 5.75 Å². The normalized spacial score (nSPS) is 21.9. The van der Waals surface area contributed by atoms with Gasteiger partial charge in [-0.25, -0.2) is 0 Å². The summed E-state index contributed by atoms with van der Waals surface area (Å²) in [5.41, 5.74) is 6.87. The Hall–Kier alpha value is -1.20. The summed E-state index contributed by atoms with van der Waals surface area (Å²) in [7, 11) is 0. The van der Waals surface area contributed by atoms with Gasteiger partial charge < -0.3 is 10.5 Å². The Labute approximate surface area is 118 Å². The second kappa shape index (κ2) is 6.99. The van der Waals surface area contributed by atoms with Gasteiger partial charge in [0.15, 0.2) is 0 Å². The van der Waals surface area contributed by atoms with E-state index in [0.29, 0.717) is 5.92 Å². The summed E-state index contributed by atoms with van der Waals surface area (Å²) in [6.45, 7) is 2.16. The Morgan fingerprint density at radius 1 is 1.35 bits per heavy atom. The molecule has 2 atom stereocenters. The Morgan fingerprint density at radius 2 is 2.05 bits per heavy atom. The zero-order chi connectivity index (χ0) is 14.5. The Balaban J connectivity index is 1.99. The van der Waals surface area contributed by atoms with E-state index in [9.17, 15) is 8.78 Å². The molecule has 1 aromatic rings. The fourth-order valence-corrected chi connectivity index (χ4v) is 2.78. The molecule has 1 heterocycles. The molecule has 1 saturated heterocycles. The zero-order valence-corrected chi connectivity index (χ0v) is 11.8. The third-order valence-corrected chi connectivity index (χ3v) is 4.02. The Kier molecular flexibility index (Phi) is 5.31. The van der Waals surface area contributed by atoms with Crippen molar-refractivity contribution in [2.75, 3.05) is 19.6 Å². The number of rotatable bonds is 5. The largest absolute Gasteiger partial charge is 0.435 e. The maximum atomic E-state index is 12.1. The molecule has 3 nitrogen and oxygen atoms in total. The van der Waals surface area contributed by atoms with Gasteiger partial charge in [-0.3, -0.25) is 4.90 Å². The first kappa shape index (κ1) is 15.2. The van der Waals surface area contributed by atoms with Crippen LogP contribution >= 0.6 is 0 Å². The average molecular weight is 284 g/mol. The van der Waals surface area contributed by atoms with Crippen LogP contribution in [0.3, 0.4) is 0 Å². The van der Waals surface area contributed by atoms with E-state index in [4.69, 9.17) is 5.73 Å². The number of ether oxygens (including phenoxy) is 1. The van der Waals surface area contributed by atoms with Gasteiger partial charge in [0.2, 0.25) is 0 Å². The van der Waals surface area contributed by atoms with Crippen LogP contribution in [0, 0.1) is 5.92 Å². The van der Waals surface area contributed by atoms with Crippen LogP contribution < -0.4 is 10.5 Å². The maximum Gasteiger partial charge on any atom is 0.387 e. The van der Waals surface area contributed by atoms with Crippen molar-refractivity contribution in [3.05, 3.63) is 29.8 Å². The molecule has 0 aromatic heterocycles. The molecule has 0 amide bonds. The van der Waals surface area contributed by atoms with E-state index in [2.05, 4.69) is 16.6 Å². The minimum absolute atomic E-state index is 0.203. The van der Waals surface area contributed by atoms with Crippen molar-refractivity contribution >= 4 is 0 Å². The number of alkyl halides is 2. The Bertz CT molecular complexity index is 411. The summed E-state index contributed by atoms with van der Waals surface area (Å²) in [5, 5.41) is 0. The standard InChI is InChI=1S/C15H22F2N2O/c1-11(19-8-2-3-12(9-18)10-19)13-4-6-14(7-5-13)20-15(16)17/h4-7,11-12,15H,2-3,8-10,18H2,1H3. The Morgan fingerprint density at radius 3 is 2.65 bits per heavy atom. The first-order chi connectivity index (χ1) is 9.60. The monoisotopic (exact) mass is 284 g/mol. The molecule has 0 spiro atoms. The van der Waals surface area contributed by atoms with Crippen LogP contribution in [-0.4, -0.2) is 31.1 Å². The van der Waals surface area contributed by atoms with Crippen molar-refractivity contribution in [2.45, 2.75) is 32.4 Å². The summed E-state index contributed by atoms with van der Waals surface area (Å²) >= 11 is 0. The average Bonchev–Trinajstić information content (AvgIpc) is 2.47. The molecule has 20 heavy (non-hydrogen) atoms. The molecule has 112 valence electrons. The predicted molar refractivity (Wildman–Crippen MR) is 74.8 cm³/mol. The van der Waals surface area contributed by atoms with Crippen LogP contribution in [-0.2, 0) is 0 Å². The van der Waals surface area contributed by atoms with E-state index in [-0.39, 0.29) is 11.8 Å². The molecule has 1 aliphatic rings. The highest BCUT2D eigenvalue weighted by Crippen LogP contribution is 2.27. The van der Waals surface area contributed by atoms with Crippen LogP contribution in [0.4, 0.5) is 8.78 Å². The summed E-state index contributed by atoms with van der Waals surface area (Å²) in [6, 6.07) is 7.18. The van der Waals surface area contributed by atoms with Crippen molar-refractivity contribution < 1.29 is 13.5 Å². The van der Waals surface area contributed by atoms with Gasteiger partial charge in [0, 0.05) is 12.6 Å². The van der Waals surface area contributed by atoms with Crippen LogP contribution in [0.25, 0.3) is 0 Å². The summed E-state index contributed by atoms with van der Waals surface area (Å²) in [4.78, 5) is 2.41. The van der Waals surface area contributed by atoms with E-state index in [1.54, 1.807) is 12.1 Å². The van der Waals surface area contributed by atoms with Crippen molar-refractivity contribution in [1.82, 2.24) is 4.90 Å². The highest BCUT2D eigenvalue weighted by molar-refractivity contribution is 5.29. The molecule has 0 radical (unpaired) electrons. The molecule has 1 aromatic carbocycles. The van der Waals surface area contributed by atoms with Gasteiger partial charge in [-0.2, -0.15) is 8.78 Å². The third-order valence-electron chi connectivity index (χ3n) is 4.02. The molecule has 1 aliphatic heterocycles. The summed E-state index contributed by atoms with van der Waals surface area (Å²) in [6.07, 6.45) is 2.36. The van der Waals surface area contributed by atoms with E-state index in [0.717, 1.165) is 25.2 Å². The molecule has 0 saturated carbocycles. The number of piperidine rings is 1. The highest BCUT2D eigenvalue weighted by atomic mass is 19.3. The van der Waals surface area contributed by atoms with Crippen molar-refractivity contribution in [1.29, 1.82) is 0 Å². The van der Waals surface area contributed by atoms with Crippen molar-refractivity contribution in [2.24, 2.45) is 11.7 Å². The molecule has 2 rings (SSSR count). The molecule has 0 aliphatic carbocycles. The summed E-state index contributed by atoms with van der Waals surface area (Å²) in [5.74, 6) is 0.766. The SMILES string of the molecule is CC(c1ccc(OC(F)F)cc1)N1CCCC(CN)C1.